The Bertz CT molecular complexity index is 928. The van der Waals surface area contributed by atoms with E-state index >= 15 is 0 Å². The normalized spacial score (nSPS) is 39.4. The van der Waals surface area contributed by atoms with Crippen LogP contribution in [0, 0.1) is 46.3 Å². The summed E-state index contributed by atoms with van der Waals surface area (Å²) in [5, 5.41) is 12.7. The summed E-state index contributed by atoms with van der Waals surface area (Å²) in [7, 11) is -4.23. The van der Waals surface area contributed by atoms with Crippen molar-refractivity contribution in [3.8, 4) is 0 Å². The monoisotopic (exact) mass is 554 g/mol. The second-order valence-corrected chi connectivity index (χ2v) is 15.7. The molecule has 0 aromatic rings. The fourth-order valence-corrected chi connectivity index (χ4v) is 10.7. The molecule has 4 rings (SSSR count). The summed E-state index contributed by atoms with van der Waals surface area (Å²) in [4.78, 5) is 12.6. The number of carbonyl (C=O) groups is 1. The van der Waals surface area contributed by atoms with Gasteiger partial charge in [-0.3, -0.25) is 9.35 Å². The lowest BCUT2D eigenvalue weighted by Crippen LogP contribution is -2.53. The van der Waals surface area contributed by atoms with Gasteiger partial charge in [0.15, 0.2) is 0 Å². The number of amides is 1. The Morgan fingerprint density at radius 2 is 1.74 bits per heavy atom. The van der Waals surface area contributed by atoms with Gasteiger partial charge in [0.25, 0.3) is 10.1 Å². The molecule has 0 radical (unpaired) electrons. The summed E-state index contributed by atoms with van der Waals surface area (Å²) < 4.78 is 30.6. The van der Waals surface area contributed by atoms with Crippen molar-refractivity contribution in [1.29, 1.82) is 0 Å². The van der Waals surface area contributed by atoms with Crippen LogP contribution in [0.5, 0.6) is 0 Å². The van der Waals surface area contributed by atoms with Crippen LogP contribution in [0.3, 0.4) is 0 Å². The molecule has 0 saturated heterocycles. The number of aliphatic hydroxyl groups excluding tert-OH is 1. The molecule has 7 nitrogen and oxygen atoms in total. The Morgan fingerprint density at radius 3 is 2.47 bits per heavy atom. The lowest BCUT2D eigenvalue weighted by Gasteiger charge is -2.61. The van der Waals surface area contributed by atoms with Gasteiger partial charge in [-0.05, 0) is 117 Å². The number of hydrogen-bond acceptors (Lipinski definition) is 5. The predicted octanol–water partition coefficient (Wildman–Crippen LogP) is 4.92. The largest absolute Gasteiger partial charge is 0.392 e. The fourth-order valence-electron chi connectivity index (χ4n) is 10.1. The van der Waals surface area contributed by atoms with E-state index in [-0.39, 0.29) is 12.3 Å². The second-order valence-electron chi connectivity index (χ2n) is 14.2. The van der Waals surface area contributed by atoms with Gasteiger partial charge in [-0.1, -0.05) is 33.6 Å². The van der Waals surface area contributed by atoms with Gasteiger partial charge in [0.2, 0.25) is 5.91 Å². The smallest absolute Gasteiger partial charge is 0.267 e. The third-order valence-corrected chi connectivity index (χ3v) is 12.8. The van der Waals surface area contributed by atoms with Crippen LogP contribution in [-0.2, 0) is 14.9 Å². The lowest BCUT2D eigenvalue weighted by atomic mass is 9.44. The van der Waals surface area contributed by atoms with Gasteiger partial charge in [0.1, 0.15) is 5.75 Å². The van der Waals surface area contributed by atoms with Gasteiger partial charge in [-0.15, -0.1) is 0 Å². The molecule has 4 fully saturated rings. The number of nitrogens with one attached hydrogen (secondary N) is 1. The first-order chi connectivity index (χ1) is 17.8. The van der Waals surface area contributed by atoms with E-state index in [9.17, 15) is 18.3 Å². The minimum atomic E-state index is -4.23. The molecule has 0 aromatic heterocycles. The zero-order valence-electron chi connectivity index (χ0n) is 24.0. The molecule has 5 N–H and O–H groups in total. The quantitative estimate of drug-likeness (QED) is 0.268. The van der Waals surface area contributed by atoms with E-state index in [1.165, 1.54) is 64.2 Å². The minimum absolute atomic E-state index is 0.0366. The van der Waals surface area contributed by atoms with Crippen LogP contribution in [0.1, 0.15) is 111 Å². The standard InChI is InChI=1S/C30H54N2O5S/c1-20(7-12-28(34)32-17-14-22(31)18-23(33)19-38(35,36)37)25-10-11-26-24-9-8-21-6-4-5-15-29(21,2)27(24)13-16-30(25,26)3/h20-27,33H,4-19,31H2,1-3H3,(H,32,34)(H,35,36,37)/t20-,21?,22?,23?,24?,25-,26?,27?,29+,30-/m1/s1. The van der Waals surface area contributed by atoms with Gasteiger partial charge < -0.3 is 16.2 Å². The average Bonchev–Trinajstić information content (AvgIpc) is 3.18. The summed E-state index contributed by atoms with van der Waals surface area (Å²) in [6, 6.07) is -0.442. The van der Waals surface area contributed by atoms with Crippen molar-refractivity contribution in [2.45, 2.75) is 123 Å². The van der Waals surface area contributed by atoms with Gasteiger partial charge in [-0.2, -0.15) is 8.42 Å². The maximum Gasteiger partial charge on any atom is 0.267 e. The number of nitrogens with two attached hydrogens (primary N) is 1. The molecular weight excluding hydrogens is 500 g/mol. The molecule has 6 unspecified atom stereocenters. The van der Waals surface area contributed by atoms with Crippen LogP contribution in [-0.4, -0.2) is 48.4 Å². The average molecular weight is 555 g/mol. The van der Waals surface area contributed by atoms with Gasteiger partial charge in [-0.25, -0.2) is 0 Å². The minimum Gasteiger partial charge on any atom is -0.392 e. The van der Waals surface area contributed by atoms with E-state index in [0.29, 0.717) is 42.1 Å². The first kappa shape index (κ1) is 30.3. The second kappa shape index (κ2) is 12.0. The highest BCUT2D eigenvalue weighted by atomic mass is 32.2. The molecule has 0 aliphatic heterocycles. The van der Waals surface area contributed by atoms with Gasteiger partial charge in [0, 0.05) is 19.0 Å². The summed E-state index contributed by atoms with van der Waals surface area (Å²) in [6.07, 6.45) is 14.9. The van der Waals surface area contributed by atoms with Crippen LogP contribution in [0.25, 0.3) is 0 Å². The number of rotatable bonds is 11. The molecule has 10 atom stereocenters. The predicted molar refractivity (Wildman–Crippen MR) is 151 cm³/mol. The molecule has 8 heteroatoms. The highest BCUT2D eigenvalue weighted by molar-refractivity contribution is 7.85. The molecule has 38 heavy (non-hydrogen) atoms. The molecule has 1 amide bonds. The zero-order chi connectivity index (χ0) is 27.7. The molecule has 0 aromatic carbocycles. The van der Waals surface area contributed by atoms with E-state index in [1.807, 2.05) is 0 Å². The Kier molecular flexibility index (Phi) is 9.59. The van der Waals surface area contributed by atoms with Crippen molar-refractivity contribution in [3.63, 3.8) is 0 Å². The van der Waals surface area contributed by atoms with E-state index in [2.05, 4.69) is 26.1 Å². The van der Waals surface area contributed by atoms with E-state index in [1.54, 1.807) is 0 Å². The van der Waals surface area contributed by atoms with Crippen LogP contribution in [0.15, 0.2) is 0 Å². The number of aliphatic hydroxyl groups is 1. The summed E-state index contributed by atoms with van der Waals surface area (Å²) in [6.45, 7) is 8.01. The Hall–Kier alpha value is -0.700. The molecule has 4 aliphatic rings. The Labute approximate surface area is 231 Å². The topological polar surface area (TPSA) is 130 Å². The molecule has 4 saturated carbocycles. The number of carbonyl (C=O) groups excluding carboxylic acids is 1. The third kappa shape index (κ3) is 6.60. The first-order valence-electron chi connectivity index (χ1n) is 15.5. The summed E-state index contributed by atoms with van der Waals surface area (Å²) in [5.41, 5.74) is 6.97. The number of fused-ring (bicyclic) bond motifs is 5. The molecule has 0 spiro atoms. The van der Waals surface area contributed by atoms with Gasteiger partial charge >= 0.3 is 0 Å². The van der Waals surface area contributed by atoms with Crippen LogP contribution < -0.4 is 11.1 Å². The number of hydrogen-bond donors (Lipinski definition) is 4. The summed E-state index contributed by atoms with van der Waals surface area (Å²) in [5.74, 6) is 4.23. The van der Waals surface area contributed by atoms with Crippen LogP contribution in [0.4, 0.5) is 0 Å². The van der Waals surface area contributed by atoms with Crippen LogP contribution >= 0.6 is 0 Å². The van der Waals surface area contributed by atoms with Crippen molar-refractivity contribution in [2.75, 3.05) is 12.3 Å². The van der Waals surface area contributed by atoms with E-state index < -0.39 is 28.0 Å². The van der Waals surface area contributed by atoms with Crippen molar-refractivity contribution >= 4 is 16.0 Å². The highest BCUT2D eigenvalue weighted by Crippen LogP contribution is 2.68. The SMILES string of the molecule is C[C@H](CCC(=O)NCCC(N)CC(O)CS(=O)(=O)O)[C@H]1CCC2C3CCC4CCCC[C@]4(C)C3CC[C@@]21C. The Morgan fingerprint density at radius 1 is 1.00 bits per heavy atom. The molecular formula is C30H54N2O5S. The van der Waals surface area contributed by atoms with E-state index in [4.69, 9.17) is 10.3 Å². The molecule has 0 bridgehead atoms. The Balaban J connectivity index is 1.22. The maximum atomic E-state index is 12.6. The maximum absolute atomic E-state index is 12.6. The van der Waals surface area contributed by atoms with E-state index in [0.717, 1.165) is 30.1 Å². The lowest BCUT2D eigenvalue weighted by molar-refractivity contribution is -0.122. The van der Waals surface area contributed by atoms with Crippen molar-refractivity contribution in [2.24, 2.45) is 52.1 Å². The van der Waals surface area contributed by atoms with Crippen molar-refractivity contribution in [3.05, 3.63) is 0 Å². The van der Waals surface area contributed by atoms with Crippen LogP contribution in [0.2, 0.25) is 0 Å². The highest BCUT2D eigenvalue weighted by Gasteiger charge is 2.60. The third-order valence-electron chi connectivity index (χ3n) is 12.0. The first-order valence-corrected chi connectivity index (χ1v) is 17.1. The molecule has 0 heterocycles. The fraction of sp³-hybridized carbons (Fsp3) is 0.967. The van der Waals surface area contributed by atoms with Crippen molar-refractivity contribution < 1.29 is 22.9 Å². The summed E-state index contributed by atoms with van der Waals surface area (Å²) >= 11 is 0. The van der Waals surface area contributed by atoms with Crippen molar-refractivity contribution in [1.82, 2.24) is 5.32 Å². The zero-order valence-corrected chi connectivity index (χ0v) is 24.9. The molecule has 4 aliphatic carbocycles. The van der Waals surface area contributed by atoms with Gasteiger partial charge in [0.05, 0.1) is 6.10 Å². The molecule has 220 valence electrons.